The third-order valence-electron chi connectivity index (χ3n) is 2.82. The molecule has 1 aliphatic carbocycles. The molecule has 0 aliphatic heterocycles. The molecule has 1 aromatic rings. The van der Waals surface area contributed by atoms with Crippen LogP contribution in [0.2, 0.25) is 0 Å². The standard InChI is InChI=1S/C10H17N3O/c14-9-4-2-1-3-8(9)13-7-10-11-5-6-12-10/h5-6,8-9,13-14H,1-4,7H2,(H,11,12)/t8-,9+/m1/s1. The second kappa shape index (κ2) is 4.57. The molecule has 1 saturated carbocycles. The zero-order valence-electron chi connectivity index (χ0n) is 8.24. The lowest BCUT2D eigenvalue weighted by atomic mass is 9.93. The maximum atomic E-state index is 9.70. The Morgan fingerprint density at radius 2 is 2.36 bits per heavy atom. The first kappa shape index (κ1) is 9.68. The molecule has 1 aliphatic rings. The van der Waals surface area contributed by atoms with E-state index in [0.29, 0.717) is 6.54 Å². The van der Waals surface area contributed by atoms with Crippen molar-refractivity contribution < 1.29 is 5.11 Å². The van der Waals surface area contributed by atoms with E-state index >= 15 is 0 Å². The Bertz CT molecular complexity index is 260. The summed E-state index contributed by atoms with van der Waals surface area (Å²) in [5, 5.41) is 13.0. The van der Waals surface area contributed by atoms with Gasteiger partial charge in [-0.1, -0.05) is 12.8 Å². The van der Waals surface area contributed by atoms with Crippen molar-refractivity contribution in [2.45, 2.75) is 44.4 Å². The SMILES string of the molecule is O[C@H]1CCCC[C@H]1NCc1ncc[nH]1. The predicted molar refractivity (Wildman–Crippen MR) is 53.7 cm³/mol. The summed E-state index contributed by atoms with van der Waals surface area (Å²) in [6.07, 6.45) is 7.74. The van der Waals surface area contributed by atoms with Crippen molar-refractivity contribution in [3.63, 3.8) is 0 Å². The summed E-state index contributed by atoms with van der Waals surface area (Å²) in [6.45, 7) is 0.717. The van der Waals surface area contributed by atoms with Gasteiger partial charge in [0.1, 0.15) is 5.82 Å². The van der Waals surface area contributed by atoms with Crippen LogP contribution in [0.15, 0.2) is 12.4 Å². The van der Waals surface area contributed by atoms with Gasteiger partial charge < -0.3 is 15.4 Å². The van der Waals surface area contributed by atoms with E-state index in [1.54, 1.807) is 6.20 Å². The largest absolute Gasteiger partial charge is 0.392 e. The minimum absolute atomic E-state index is 0.182. The van der Waals surface area contributed by atoms with Crippen molar-refractivity contribution in [3.05, 3.63) is 18.2 Å². The third kappa shape index (κ3) is 2.33. The van der Waals surface area contributed by atoms with Crippen LogP contribution in [0.3, 0.4) is 0 Å². The Labute approximate surface area is 83.8 Å². The number of hydrogen-bond acceptors (Lipinski definition) is 3. The Morgan fingerprint density at radius 1 is 1.50 bits per heavy atom. The average Bonchev–Trinajstić information content (AvgIpc) is 2.69. The molecule has 78 valence electrons. The van der Waals surface area contributed by atoms with Gasteiger partial charge in [0.15, 0.2) is 0 Å². The molecule has 0 unspecified atom stereocenters. The Morgan fingerprint density at radius 3 is 3.07 bits per heavy atom. The van der Waals surface area contributed by atoms with Crippen LogP contribution in [0.25, 0.3) is 0 Å². The number of imidazole rings is 1. The fraction of sp³-hybridized carbons (Fsp3) is 0.700. The Hall–Kier alpha value is -0.870. The van der Waals surface area contributed by atoms with E-state index in [9.17, 15) is 5.11 Å². The van der Waals surface area contributed by atoms with E-state index in [1.165, 1.54) is 6.42 Å². The van der Waals surface area contributed by atoms with Gasteiger partial charge in [-0.05, 0) is 12.8 Å². The van der Waals surface area contributed by atoms with Gasteiger partial charge in [0.2, 0.25) is 0 Å². The molecule has 0 amide bonds. The summed E-state index contributed by atoms with van der Waals surface area (Å²) in [5.41, 5.74) is 0. The second-order valence-corrected chi connectivity index (χ2v) is 3.88. The van der Waals surface area contributed by atoms with Crippen LogP contribution in [0.4, 0.5) is 0 Å². The zero-order valence-corrected chi connectivity index (χ0v) is 8.24. The maximum absolute atomic E-state index is 9.70. The number of nitrogens with zero attached hydrogens (tertiary/aromatic N) is 1. The first-order valence-corrected chi connectivity index (χ1v) is 5.26. The summed E-state index contributed by atoms with van der Waals surface area (Å²) < 4.78 is 0. The highest BCUT2D eigenvalue weighted by Gasteiger charge is 2.22. The van der Waals surface area contributed by atoms with Gasteiger partial charge in [-0.3, -0.25) is 0 Å². The molecule has 1 heterocycles. The molecule has 0 radical (unpaired) electrons. The molecule has 14 heavy (non-hydrogen) atoms. The number of hydrogen-bond donors (Lipinski definition) is 3. The molecule has 3 N–H and O–H groups in total. The van der Waals surface area contributed by atoms with Crippen LogP contribution < -0.4 is 5.32 Å². The summed E-state index contributed by atoms with van der Waals surface area (Å²) in [6, 6.07) is 0.244. The van der Waals surface area contributed by atoms with Crippen molar-refractivity contribution in [1.82, 2.24) is 15.3 Å². The molecule has 1 aromatic heterocycles. The third-order valence-corrected chi connectivity index (χ3v) is 2.82. The molecule has 4 nitrogen and oxygen atoms in total. The number of aromatic nitrogens is 2. The van der Waals surface area contributed by atoms with Crippen molar-refractivity contribution >= 4 is 0 Å². The Kier molecular flexibility index (Phi) is 3.16. The van der Waals surface area contributed by atoms with Crippen molar-refractivity contribution in [2.75, 3.05) is 0 Å². The topological polar surface area (TPSA) is 60.9 Å². The van der Waals surface area contributed by atoms with Crippen LogP contribution in [-0.2, 0) is 6.54 Å². The lowest BCUT2D eigenvalue weighted by Crippen LogP contribution is -2.41. The van der Waals surface area contributed by atoms with E-state index in [-0.39, 0.29) is 12.1 Å². The fourth-order valence-electron chi connectivity index (χ4n) is 1.97. The van der Waals surface area contributed by atoms with E-state index in [2.05, 4.69) is 15.3 Å². The fourth-order valence-corrected chi connectivity index (χ4v) is 1.97. The lowest BCUT2D eigenvalue weighted by Gasteiger charge is -2.28. The van der Waals surface area contributed by atoms with Crippen LogP contribution in [-0.4, -0.2) is 27.2 Å². The van der Waals surface area contributed by atoms with Crippen LogP contribution in [0.5, 0.6) is 0 Å². The van der Waals surface area contributed by atoms with E-state index in [1.807, 2.05) is 6.20 Å². The lowest BCUT2D eigenvalue weighted by molar-refractivity contribution is 0.0899. The molecule has 1 fully saturated rings. The maximum Gasteiger partial charge on any atom is 0.120 e. The summed E-state index contributed by atoms with van der Waals surface area (Å²) >= 11 is 0. The highest BCUT2D eigenvalue weighted by atomic mass is 16.3. The molecular formula is C10H17N3O. The zero-order chi connectivity index (χ0) is 9.80. The van der Waals surface area contributed by atoms with E-state index in [4.69, 9.17) is 0 Å². The van der Waals surface area contributed by atoms with Gasteiger partial charge in [0.25, 0.3) is 0 Å². The molecule has 0 saturated heterocycles. The highest BCUT2D eigenvalue weighted by molar-refractivity contribution is 4.88. The normalized spacial score (nSPS) is 27.8. The number of aliphatic hydroxyl groups excluding tert-OH is 1. The Balaban J connectivity index is 1.79. The first-order valence-electron chi connectivity index (χ1n) is 5.26. The summed E-state index contributed by atoms with van der Waals surface area (Å²) in [7, 11) is 0. The number of aliphatic hydroxyl groups is 1. The smallest absolute Gasteiger partial charge is 0.120 e. The quantitative estimate of drug-likeness (QED) is 0.668. The summed E-state index contributed by atoms with van der Waals surface area (Å²) in [5.74, 6) is 0.933. The van der Waals surface area contributed by atoms with E-state index in [0.717, 1.165) is 25.1 Å². The molecule has 0 spiro atoms. The van der Waals surface area contributed by atoms with Gasteiger partial charge in [0, 0.05) is 18.4 Å². The number of rotatable bonds is 3. The molecule has 0 aromatic carbocycles. The van der Waals surface area contributed by atoms with Gasteiger partial charge in [0.05, 0.1) is 12.6 Å². The number of aromatic amines is 1. The average molecular weight is 195 g/mol. The van der Waals surface area contributed by atoms with Crippen LogP contribution >= 0.6 is 0 Å². The van der Waals surface area contributed by atoms with Crippen molar-refractivity contribution in [2.24, 2.45) is 0 Å². The van der Waals surface area contributed by atoms with Gasteiger partial charge in [-0.25, -0.2) is 4.98 Å². The van der Waals surface area contributed by atoms with Crippen molar-refractivity contribution in [3.8, 4) is 0 Å². The minimum Gasteiger partial charge on any atom is -0.392 e. The van der Waals surface area contributed by atoms with Crippen molar-refractivity contribution in [1.29, 1.82) is 0 Å². The molecule has 0 bridgehead atoms. The summed E-state index contributed by atoms with van der Waals surface area (Å²) in [4.78, 5) is 7.16. The molecule has 2 atom stereocenters. The monoisotopic (exact) mass is 195 g/mol. The number of nitrogens with one attached hydrogen (secondary N) is 2. The van der Waals surface area contributed by atoms with E-state index < -0.39 is 0 Å². The van der Waals surface area contributed by atoms with Gasteiger partial charge in [-0.2, -0.15) is 0 Å². The molecule has 2 rings (SSSR count). The highest BCUT2D eigenvalue weighted by Crippen LogP contribution is 2.18. The van der Waals surface area contributed by atoms with Crippen LogP contribution in [0.1, 0.15) is 31.5 Å². The molecular weight excluding hydrogens is 178 g/mol. The van der Waals surface area contributed by atoms with Crippen LogP contribution in [0, 0.1) is 0 Å². The van der Waals surface area contributed by atoms with Gasteiger partial charge >= 0.3 is 0 Å². The first-order chi connectivity index (χ1) is 6.86. The van der Waals surface area contributed by atoms with Gasteiger partial charge in [-0.15, -0.1) is 0 Å². The number of H-pyrrole nitrogens is 1. The minimum atomic E-state index is -0.182. The predicted octanol–water partition coefficient (Wildman–Crippen LogP) is 0.803. The second-order valence-electron chi connectivity index (χ2n) is 3.88. The molecule has 4 heteroatoms.